The van der Waals surface area contributed by atoms with Crippen molar-refractivity contribution in [2.24, 2.45) is 0 Å². The first-order chi connectivity index (χ1) is 12.9. The van der Waals surface area contributed by atoms with Gasteiger partial charge in [-0.3, -0.25) is 15.0 Å². The molecule has 0 unspecified atom stereocenters. The van der Waals surface area contributed by atoms with Crippen LogP contribution in [0.1, 0.15) is 5.56 Å². The van der Waals surface area contributed by atoms with Crippen molar-refractivity contribution in [1.82, 2.24) is 9.21 Å². The molecule has 2 aromatic rings. The minimum Gasteiger partial charge on any atom is -0.497 e. The Bertz CT molecular complexity index is 890. The molecule has 9 heteroatoms. The number of nitro groups is 1. The van der Waals surface area contributed by atoms with Crippen molar-refractivity contribution < 1.29 is 18.1 Å². The van der Waals surface area contributed by atoms with Gasteiger partial charge in [0.15, 0.2) is 0 Å². The summed E-state index contributed by atoms with van der Waals surface area (Å²) in [6.45, 7) is 2.76. The van der Waals surface area contributed by atoms with Crippen LogP contribution < -0.4 is 4.74 Å². The molecule has 1 heterocycles. The molecule has 0 saturated carbocycles. The van der Waals surface area contributed by atoms with Gasteiger partial charge in [-0.15, -0.1) is 0 Å². The summed E-state index contributed by atoms with van der Waals surface area (Å²) in [6.07, 6.45) is 0. The van der Waals surface area contributed by atoms with Crippen LogP contribution in [-0.4, -0.2) is 55.8 Å². The minimum absolute atomic E-state index is 0.0803. The Balaban J connectivity index is 1.61. The van der Waals surface area contributed by atoms with Crippen LogP contribution in [0.2, 0.25) is 0 Å². The monoisotopic (exact) mass is 391 g/mol. The van der Waals surface area contributed by atoms with Crippen LogP contribution in [0.3, 0.4) is 0 Å². The Hall–Kier alpha value is -2.49. The highest BCUT2D eigenvalue weighted by Gasteiger charge is 2.28. The first-order valence-electron chi connectivity index (χ1n) is 8.50. The van der Waals surface area contributed by atoms with Crippen LogP contribution >= 0.6 is 0 Å². The van der Waals surface area contributed by atoms with Crippen molar-refractivity contribution in [3.05, 3.63) is 64.2 Å². The third-order valence-electron chi connectivity index (χ3n) is 4.58. The van der Waals surface area contributed by atoms with Crippen molar-refractivity contribution in [2.75, 3.05) is 33.3 Å². The summed E-state index contributed by atoms with van der Waals surface area (Å²) in [5.41, 5.74) is 1.01. The summed E-state index contributed by atoms with van der Waals surface area (Å²) in [5.74, 6) is 0.803. The van der Waals surface area contributed by atoms with Gasteiger partial charge in [0.2, 0.25) is 10.0 Å². The third-order valence-corrected chi connectivity index (χ3v) is 6.49. The number of hydrogen-bond acceptors (Lipinski definition) is 6. The summed E-state index contributed by atoms with van der Waals surface area (Å²) >= 11 is 0. The first kappa shape index (κ1) is 19.3. The molecular formula is C18H21N3O5S. The van der Waals surface area contributed by atoms with E-state index in [0.717, 1.165) is 17.9 Å². The zero-order valence-corrected chi connectivity index (χ0v) is 15.8. The fourth-order valence-corrected chi connectivity index (χ4v) is 4.43. The average molecular weight is 391 g/mol. The van der Waals surface area contributed by atoms with Gasteiger partial charge in [0, 0.05) is 44.9 Å². The van der Waals surface area contributed by atoms with Gasteiger partial charge in [0.1, 0.15) is 5.75 Å². The Morgan fingerprint density at radius 3 is 2.11 bits per heavy atom. The quantitative estimate of drug-likeness (QED) is 0.553. The van der Waals surface area contributed by atoms with Crippen LogP contribution in [0.15, 0.2) is 53.4 Å². The van der Waals surface area contributed by atoms with Gasteiger partial charge < -0.3 is 4.74 Å². The Morgan fingerprint density at radius 1 is 1.00 bits per heavy atom. The zero-order valence-electron chi connectivity index (χ0n) is 14.9. The number of rotatable bonds is 6. The Kier molecular flexibility index (Phi) is 5.73. The molecule has 144 valence electrons. The summed E-state index contributed by atoms with van der Waals surface area (Å²) in [5, 5.41) is 10.7. The van der Waals surface area contributed by atoms with Crippen LogP contribution in [0.25, 0.3) is 0 Å². The number of piperazine rings is 1. The van der Waals surface area contributed by atoms with E-state index in [4.69, 9.17) is 4.74 Å². The lowest BCUT2D eigenvalue weighted by molar-refractivity contribution is -0.384. The van der Waals surface area contributed by atoms with Gasteiger partial charge in [0.25, 0.3) is 5.69 Å². The van der Waals surface area contributed by atoms with Crippen molar-refractivity contribution in [3.63, 3.8) is 0 Å². The molecule has 1 fully saturated rings. The van der Waals surface area contributed by atoms with Crippen LogP contribution in [0.5, 0.6) is 5.75 Å². The molecule has 0 spiro atoms. The largest absolute Gasteiger partial charge is 0.497 e. The molecule has 2 aromatic carbocycles. The van der Waals surface area contributed by atoms with E-state index in [1.807, 2.05) is 24.3 Å². The lowest BCUT2D eigenvalue weighted by Gasteiger charge is -2.34. The number of nitrogens with zero attached hydrogens (tertiary/aromatic N) is 3. The van der Waals surface area contributed by atoms with Gasteiger partial charge >= 0.3 is 0 Å². The highest BCUT2D eigenvalue weighted by Crippen LogP contribution is 2.21. The van der Waals surface area contributed by atoms with Crippen LogP contribution in [0.4, 0.5) is 5.69 Å². The number of non-ortho nitro benzene ring substituents is 1. The van der Waals surface area contributed by atoms with Crippen LogP contribution in [0, 0.1) is 10.1 Å². The van der Waals surface area contributed by atoms with Crippen LogP contribution in [-0.2, 0) is 16.6 Å². The SMILES string of the molecule is COc1ccc(CN2CCN(S(=O)(=O)c3ccc([N+](=O)[O-])cc3)CC2)cc1. The van der Waals surface area contributed by atoms with E-state index >= 15 is 0 Å². The second-order valence-electron chi connectivity index (χ2n) is 6.28. The van der Waals surface area contributed by atoms with Gasteiger partial charge in [-0.25, -0.2) is 8.42 Å². The molecule has 1 saturated heterocycles. The minimum atomic E-state index is -3.64. The van der Waals surface area contributed by atoms with E-state index < -0.39 is 14.9 Å². The molecule has 0 atom stereocenters. The molecule has 0 radical (unpaired) electrons. The fraction of sp³-hybridized carbons (Fsp3) is 0.333. The predicted octanol–water partition coefficient (Wildman–Crippen LogP) is 2.11. The molecule has 27 heavy (non-hydrogen) atoms. The number of benzene rings is 2. The summed E-state index contributed by atoms with van der Waals surface area (Å²) in [6, 6.07) is 12.8. The standard InChI is InChI=1S/C18H21N3O5S/c1-26-17-6-2-15(3-7-17)14-19-10-12-20(13-11-19)27(24,25)18-8-4-16(5-9-18)21(22)23/h2-9H,10-14H2,1H3. The van der Waals surface area contributed by atoms with E-state index in [1.165, 1.54) is 28.6 Å². The molecule has 8 nitrogen and oxygen atoms in total. The maximum Gasteiger partial charge on any atom is 0.269 e. The molecule has 0 amide bonds. The molecule has 0 N–H and O–H groups in total. The highest BCUT2D eigenvalue weighted by molar-refractivity contribution is 7.89. The molecule has 0 aromatic heterocycles. The van der Waals surface area contributed by atoms with E-state index in [9.17, 15) is 18.5 Å². The fourth-order valence-electron chi connectivity index (χ4n) is 3.01. The van der Waals surface area contributed by atoms with Gasteiger partial charge in [-0.05, 0) is 29.8 Å². The Labute approximate surface area is 158 Å². The predicted molar refractivity (Wildman–Crippen MR) is 100 cm³/mol. The van der Waals surface area contributed by atoms with E-state index in [-0.39, 0.29) is 10.6 Å². The number of sulfonamides is 1. The Morgan fingerprint density at radius 2 is 1.59 bits per heavy atom. The second-order valence-corrected chi connectivity index (χ2v) is 8.22. The maximum absolute atomic E-state index is 12.7. The zero-order chi connectivity index (χ0) is 19.4. The first-order valence-corrected chi connectivity index (χ1v) is 9.94. The lowest BCUT2D eigenvalue weighted by atomic mass is 10.2. The summed E-state index contributed by atoms with van der Waals surface area (Å²) < 4.78 is 32.0. The van der Waals surface area contributed by atoms with E-state index in [0.29, 0.717) is 26.2 Å². The second kappa shape index (κ2) is 8.03. The lowest BCUT2D eigenvalue weighted by Crippen LogP contribution is -2.48. The molecule has 0 aliphatic carbocycles. The molecule has 1 aliphatic heterocycles. The average Bonchev–Trinajstić information content (AvgIpc) is 2.69. The third kappa shape index (κ3) is 4.44. The van der Waals surface area contributed by atoms with Crippen molar-refractivity contribution in [2.45, 2.75) is 11.4 Å². The van der Waals surface area contributed by atoms with E-state index in [1.54, 1.807) is 7.11 Å². The summed E-state index contributed by atoms with van der Waals surface area (Å²) in [7, 11) is -2.02. The number of ether oxygens (including phenoxy) is 1. The van der Waals surface area contributed by atoms with Crippen molar-refractivity contribution in [1.29, 1.82) is 0 Å². The normalized spacial score (nSPS) is 16.2. The van der Waals surface area contributed by atoms with Gasteiger partial charge in [0.05, 0.1) is 16.9 Å². The summed E-state index contributed by atoms with van der Waals surface area (Å²) in [4.78, 5) is 12.4. The number of methoxy groups -OCH3 is 1. The molecule has 3 rings (SSSR count). The van der Waals surface area contributed by atoms with E-state index in [2.05, 4.69) is 4.90 Å². The molecule has 0 bridgehead atoms. The highest BCUT2D eigenvalue weighted by atomic mass is 32.2. The topological polar surface area (TPSA) is 93.0 Å². The maximum atomic E-state index is 12.7. The number of nitro benzene ring substituents is 1. The van der Waals surface area contributed by atoms with Gasteiger partial charge in [-0.2, -0.15) is 4.31 Å². The smallest absolute Gasteiger partial charge is 0.269 e. The molecule has 1 aliphatic rings. The van der Waals surface area contributed by atoms with Crippen molar-refractivity contribution >= 4 is 15.7 Å². The number of hydrogen-bond donors (Lipinski definition) is 0. The molecular weight excluding hydrogens is 370 g/mol. The van der Waals surface area contributed by atoms with Gasteiger partial charge in [-0.1, -0.05) is 12.1 Å². The van der Waals surface area contributed by atoms with Crippen molar-refractivity contribution in [3.8, 4) is 5.75 Å².